The fourth-order valence-electron chi connectivity index (χ4n) is 2.90. The highest BCUT2D eigenvalue weighted by atomic mass is 35.5. The lowest BCUT2D eigenvalue weighted by Gasteiger charge is -2.37. The maximum atomic E-state index is 12.6. The van der Waals surface area contributed by atoms with E-state index in [-0.39, 0.29) is 17.9 Å². The van der Waals surface area contributed by atoms with Gasteiger partial charge in [-0.2, -0.15) is 0 Å². The summed E-state index contributed by atoms with van der Waals surface area (Å²) >= 11 is 6.11. The molecule has 1 saturated heterocycles. The molecule has 0 radical (unpaired) electrons. The summed E-state index contributed by atoms with van der Waals surface area (Å²) in [5, 5.41) is 6.38. The first-order valence-corrected chi connectivity index (χ1v) is 9.20. The molecule has 1 atom stereocenters. The highest BCUT2D eigenvalue weighted by Crippen LogP contribution is 2.23. The molecule has 6 nitrogen and oxygen atoms in total. The zero-order chi connectivity index (χ0) is 19.1. The van der Waals surface area contributed by atoms with Crippen LogP contribution < -0.4 is 10.6 Å². The quantitative estimate of drug-likeness (QED) is 0.711. The molecule has 142 valence electrons. The van der Waals surface area contributed by atoms with Gasteiger partial charge < -0.3 is 10.6 Å². The van der Waals surface area contributed by atoms with Gasteiger partial charge in [-0.25, -0.2) is 0 Å². The molecule has 0 spiro atoms. The fraction of sp³-hybridized carbons (Fsp3) is 0.474. The molecule has 1 aliphatic heterocycles. The Kier molecular flexibility index (Phi) is 7.63. The number of carbonyl (C=O) groups is 2. The maximum absolute atomic E-state index is 12.6. The molecule has 2 amide bonds. The third-order valence-electron chi connectivity index (χ3n) is 4.67. The van der Waals surface area contributed by atoms with E-state index in [1.54, 1.807) is 12.1 Å². The Morgan fingerprint density at radius 1 is 1.31 bits per heavy atom. The second-order valence-corrected chi connectivity index (χ2v) is 6.89. The van der Waals surface area contributed by atoms with Crippen molar-refractivity contribution in [2.45, 2.75) is 19.9 Å². The number of halogens is 1. The van der Waals surface area contributed by atoms with Crippen LogP contribution in [-0.4, -0.2) is 66.9 Å². The van der Waals surface area contributed by atoms with E-state index in [0.29, 0.717) is 18.1 Å². The van der Waals surface area contributed by atoms with Gasteiger partial charge in [-0.15, -0.1) is 6.58 Å². The number of amides is 2. The first kappa shape index (κ1) is 20.4. The van der Waals surface area contributed by atoms with Gasteiger partial charge in [0.05, 0.1) is 12.6 Å². The van der Waals surface area contributed by atoms with Crippen LogP contribution in [0.5, 0.6) is 0 Å². The van der Waals surface area contributed by atoms with Crippen molar-refractivity contribution in [3.8, 4) is 0 Å². The van der Waals surface area contributed by atoms with Gasteiger partial charge in [0.15, 0.2) is 0 Å². The SMILES string of the molecule is C=CCNC(=O)CN1CCN(C(C)C(=O)Nc2cccc(Cl)c2C)CC1. The van der Waals surface area contributed by atoms with E-state index in [0.717, 1.165) is 37.4 Å². The van der Waals surface area contributed by atoms with Crippen LogP contribution in [0.2, 0.25) is 5.02 Å². The molecule has 2 N–H and O–H groups in total. The molecule has 0 bridgehead atoms. The van der Waals surface area contributed by atoms with Gasteiger partial charge in [-0.05, 0) is 31.5 Å². The second kappa shape index (κ2) is 9.71. The summed E-state index contributed by atoms with van der Waals surface area (Å²) in [6.07, 6.45) is 1.66. The number of hydrogen-bond acceptors (Lipinski definition) is 4. The third kappa shape index (κ3) is 5.56. The van der Waals surface area contributed by atoms with Crippen molar-refractivity contribution in [2.24, 2.45) is 0 Å². The molecule has 1 aromatic carbocycles. The summed E-state index contributed by atoms with van der Waals surface area (Å²) in [7, 11) is 0. The van der Waals surface area contributed by atoms with Crippen LogP contribution in [0.1, 0.15) is 12.5 Å². The Morgan fingerprint density at radius 3 is 2.65 bits per heavy atom. The Bertz CT molecular complexity index is 657. The number of benzene rings is 1. The van der Waals surface area contributed by atoms with Gasteiger partial charge in [0.1, 0.15) is 0 Å². The number of hydrogen-bond donors (Lipinski definition) is 2. The van der Waals surface area contributed by atoms with Crippen molar-refractivity contribution < 1.29 is 9.59 Å². The van der Waals surface area contributed by atoms with E-state index < -0.39 is 0 Å². The smallest absolute Gasteiger partial charge is 0.241 e. The highest BCUT2D eigenvalue weighted by molar-refractivity contribution is 6.31. The number of rotatable bonds is 7. The van der Waals surface area contributed by atoms with Crippen LogP contribution in [0, 0.1) is 6.92 Å². The number of carbonyl (C=O) groups excluding carboxylic acids is 2. The highest BCUT2D eigenvalue weighted by Gasteiger charge is 2.26. The van der Waals surface area contributed by atoms with Gasteiger partial charge >= 0.3 is 0 Å². The zero-order valence-electron chi connectivity index (χ0n) is 15.4. The summed E-state index contributed by atoms with van der Waals surface area (Å²) in [4.78, 5) is 28.6. The van der Waals surface area contributed by atoms with E-state index in [2.05, 4.69) is 27.0 Å². The average Bonchev–Trinajstić information content (AvgIpc) is 2.63. The minimum atomic E-state index is -0.245. The lowest BCUT2D eigenvalue weighted by atomic mass is 10.1. The molecule has 1 aromatic rings. The molecule has 7 heteroatoms. The van der Waals surface area contributed by atoms with Crippen molar-refractivity contribution in [3.05, 3.63) is 41.4 Å². The summed E-state index contributed by atoms with van der Waals surface area (Å²) in [6.45, 7) is 11.3. The van der Waals surface area contributed by atoms with Crippen molar-refractivity contribution in [1.29, 1.82) is 0 Å². The van der Waals surface area contributed by atoms with E-state index in [1.165, 1.54) is 0 Å². The number of anilines is 1. The predicted octanol–water partition coefficient (Wildman–Crippen LogP) is 1.90. The zero-order valence-corrected chi connectivity index (χ0v) is 16.2. The Balaban J connectivity index is 1.82. The number of nitrogens with zero attached hydrogens (tertiary/aromatic N) is 2. The first-order valence-electron chi connectivity index (χ1n) is 8.82. The molecule has 0 aromatic heterocycles. The summed E-state index contributed by atoms with van der Waals surface area (Å²) in [5.41, 5.74) is 1.61. The molecule has 26 heavy (non-hydrogen) atoms. The average molecular weight is 379 g/mol. The maximum Gasteiger partial charge on any atom is 0.241 e. The summed E-state index contributed by atoms with van der Waals surface area (Å²) in [6, 6.07) is 5.24. The normalized spacial score (nSPS) is 16.7. The molecule has 0 aliphatic carbocycles. The van der Waals surface area contributed by atoms with E-state index >= 15 is 0 Å². The van der Waals surface area contributed by atoms with Crippen molar-refractivity contribution in [1.82, 2.24) is 15.1 Å². The molecule has 1 heterocycles. The van der Waals surface area contributed by atoms with Gasteiger partial charge in [0, 0.05) is 43.4 Å². The Morgan fingerprint density at radius 2 is 2.00 bits per heavy atom. The van der Waals surface area contributed by atoms with Crippen LogP contribution >= 0.6 is 11.6 Å². The lowest BCUT2D eigenvalue weighted by molar-refractivity contribution is -0.124. The Labute approximate surface area is 160 Å². The van der Waals surface area contributed by atoms with E-state index in [1.807, 2.05) is 26.0 Å². The molecule has 2 rings (SSSR count). The molecule has 1 unspecified atom stereocenters. The topological polar surface area (TPSA) is 64.7 Å². The largest absolute Gasteiger partial charge is 0.352 e. The fourth-order valence-corrected chi connectivity index (χ4v) is 3.07. The van der Waals surface area contributed by atoms with Crippen LogP contribution in [0.3, 0.4) is 0 Å². The van der Waals surface area contributed by atoms with Gasteiger partial charge in [-0.3, -0.25) is 19.4 Å². The monoisotopic (exact) mass is 378 g/mol. The lowest BCUT2D eigenvalue weighted by Crippen LogP contribution is -2.54. The summed E-state index contributed by atoms with van der Waals surface area (Å²) in [5.74, 6) is -0.0480. The van der Waals surface area contributed by atoms with Crippen molar-refractivity contribution in [3.63, 3.8) is 0 Å². The standard InChI is InChI=1S/C19H27ClN4O2/c1-4-8-21-18(25)13-23-9-11-24(12-10-23)15(3)19(26)22-17-7-5-6-16(20)14(17)2/h4-7,15H,1,8-13H2,2-3H3,(H,21,25)(H,22,26). The molecular weight excluding hydrogens is 352 g/mol. The molecule has 1 aliphatic rings. The molecule has 0 saturated carbocycles. The second-order valence-electron chi connectivity index (χ2n) is 6.48. The van der Waals surface area contributed by atoms with Crippen molar-refractivity contribution >= 4 is 29.1 Å². The summed E-state index contributed by atoms with van der Waals surface area (Å²) < 4.78 is 0. The third-order valence-corrected chi connectivity index (χ3v) is 5.08. The van der Waals surface area contributed by atoms with Crippen LogP contribution in [0.25, 0.3) is 0 Å². The van der Waals surface area contributed by atoms with Gasteiger partial charge in [-0.1, -0.05) is 23.7 Å². The number of nitrogens with one attached hydrogen (secondary N) is 2. The Hall–Kier alpha value is -1.89. The van der Waals surface area contributed by atoms with E-state index in [9.17, 15) is 9.59 Å². The van der Waals surface area contributed by atoms with Crippen molar-refractivity contribution in [2.75, 3.05) is 44.6 Å². The van der Waals surface area contributed by atoms with Gasteiger partial charge in [0.25, 0.3) is 0 Å². The minimum Gasteiger partial charge on any atom is -0.352 e. The van der Waals surface area contributed by atoms with Gasteiger partial charge in [0.2, 0.25) is 11.8 Å². The van der Waals surface area contributed by atoms with E-state index in [4.69, 9.17) is 11.6 Å². The molecule has 1 fully saturated rings. The van der Waals surface area contributed by atoms with Crippen LogP contribution in [-0.2, 0) is 9.59 Å². The first-order chi connectivity index (χ1) is 12.4. The molecular formula is C19H27ClN4O2. The van der Waals surface area contributed by atoms with Crippen LogP contribution in [0.4, 0.5) is 5.69 Å². The van der Waals surface area contributed by atoms with Crippen LogP contribution in [0.15, 0.2) is 30.9 Å². The predicted molar refractivity (Wildman–Crippen MR) is 106 cm³/mol. The number of piperazine rings is 1. The minimum absolute atomic E-state index is 0.000531.